The zero-order valence-electron chi connectivity index (χ0n) is 15.8. The van der Waals surface area contributed by atoms with Crippen molar-refractivity contribution in [2.24, 2.45) is 4.99 Å². The molecule has 0 aliphatic carbocycles. The van der Waals surface area contributed by atoms with Gasteiger partial charge in [0.15, 0.2) is 5.96 Å². The third-order valence-electron chi connectivity index (χ3n) is 3.08. The fraction of sp³-hybridized carbons (Fsp3) is 0.556. The Hall–Kier alpha value is -1.51. The molecule has 1 aromatic rings. The fourth-order valence-electron chi connectivity index (χ4n) is 2.10. The van der Waals surface area contributed by atoms with Gasteiger partial charge in [-0.1, -0.05) is 12.1 Å². The van der Waals surface area contributed by atoms with Crippen LogP contribution in [0, 0.1) is 0 Å². The minimum absolute atomic E-state index is 0. The van der Waals surface area contributed by atoms with Crippen molar-refractivity contribution in [3.05, 3.63) is 29.8 Å². The van der Waals surface area contributed by atoms with Gasteiger partial charge in [0.2, 0.25) is 5.91 Å². The molecule has 0 bridgehead atoms. The zero-order valence-corrected chi connectivity index (χ0v) is 18.1. The molecule has 7 heteroatoms. The first kappa shape index (κ1) is 23.5. The molecule has 0 aliphatic rings. The van der Waals surface area contributed by atoms with E-state index in [1.54, 1.807) is 7.11 Å². The van der Waals surface area contributed by atoms with E-state index >= 15 is 0 Å². The maximum Gasteiger partial charge on any atom is 0.242 e. The van der Waals surface area contributed by atoms with Crippen molar-refractivity contribution < 1.29 is 9.53 Å². The van der Waals surface area contributed by atoms with Crippen LogP contribution < -0.4 is 20.7 Å². The Morgan fingerprint density at radius 2 is 1.96 bits per heavy atom. The molecule has 6 nitrogen and oxygen atoms in total. The topological polar surface area (TPSA) is 74.8 Å². The number of methoxy groups -OCH3 is 1. The number of guanidine groups is 1. The van der Waals surface area contributed by atoms with Crippen molar-refractivity contribution in [2.45, 2.75) is 39.7 Å². The predicted octanol–water partition coefficient (Wildman–Crippen LogP) is 2.33. The lowest BCUT2D eigenvalue weighted by Crippen LogP contribution is -2.43. The van der Waals surface area contributed by atoms with Gasteiger partial charge in [-0.3, -0.25) is 4.79 Å². The van der Waals surface area contributed by atoms with Gasteiger partial charge in [0.25, 0.3) is 0 Å². The Morgan fingerprint density at radius 3 is 2.56 bits per heavy atom. The largest absolute Gasteiger partial charge is 0.497 e. The third kappa shape index (κ3) is 10.9. The van der Waals surface area contributed by atoms with E-state index in [9.17, 15) is 4.79 Å². The standard InChI is InChI=1S/C18H30N4O2.HI/c1-6-19-17(21-13-16(23)22-18(2,3)4)20-11-10-14-8-7-9-15(12-14)24-5;/h7-9,12H,6,10-11,13H2,1-5H3,(H,22,23)(H2,19,20,21);1H. The van der Waals surface area contributed by atoms with E-state index in [0.29, 0.717) is 5.96 Å². The van der Waals surface area contributed by atoms with Gasteiger partial charge < -0.3 is 20.7 Å². The zero-order chi connectivity index (χ0) is 18.0. The molecule has 1 aromatic carbocycles. The highest BCUT2D eigenvalue weighted by Crippen LogP contribution is 2.12. The highest BCUT2D eigenvalue weighted by Gasteiger charge is 2.13. The molecule has 1 amide bonds. The number of halogens is 1. The highest BCUT2D eigenvalue weighted by molar-refractivity contribution is 14.0. The number of amides is 1. The van der Waals surface area contributed by atoms with E-state index in [2.05, 4.69) is 27.0 Å². The maximum atomic E-state index is 11.8. The molecule has 0 unspecified atom stereocenters. The van der Waals surface area contributed by atoms with E-state index < -0.39 is 0 Å². The van der Waals surface area contributed by atoms with Gasteiger partial charge in [-0.05, 0) is 51.8 Å². The predicted molar refractivity (Wildman–Crippen MR) is 114 cm³/mol. The monoisotopic (exact) mass is 462 g/mol. The molecular formula is C18H31IN4O2. The van der Waals surface area contributed by atoms with Crippen molar-refractivity contribution in [1.29, 1.82) is 0 Å². The Morgan fingerprint density at radius 1 is 1.24 bits per heavy atom. The van der Waals surface area contributed by atoms with Gasteiger partial charge in [0.05, 0.1) is 7.11 Å². The summed E-state index contributed by atoms with van der Waals surface area (Å²) in [4.78, 5) is 16.2. The molecule has 3 N–H and O–H groups in total. The normalized spacial score (nSPS) is 11.3. The molecule has 0 atom stereocenters. The Kier molecular flexibility index (Phi) is 11.2. The lowest BCUT2D eigenvalue weighted by atomic mass is 10.1. The second kappa shape index (κ2) is 11.9. The van der Waals surface area contributed by atoms with E-state index in [4.69, 9.17) is 4.74 Å². The lowest BCUT2D eigenvalue weighted by molar-refractivity contribution is -0.121. The molecule has 1 rings (SSSR count). The number of hydrogen-bond donors (Lipinski definition) is 3. The number of benzene rings is 1. The lowest BCUT2D eigenvalue weighted by Gasteiger charge is -2.20. The minimum Gasteiger partial charge on any atom is -0.497 e. The number of hydrogen-bond acceptors (Lipinski definition) is 3. The molecule has 0 heterocycles. The summed E-state index contributed by atoms with van der Waals surface area (Å²) in [7, 11) is 1.66. The van der Waals surface area contributed by atoms with Crippen LogP contribution in [0.4, 0.5) is 0 Å². The first-order valence-corrected chi connectivity index (χ1v) is 8.30. The van der Waals surface area contributed by atoms with Gasteiger partial charge >= 0.3 is 0 Å². The Balaban J connectivity index is 0.00000576. The van der Waals surface area contributed by atoms with Gasteiger partial charge in [-0.2, -0.15) is 0 Å². The number of nitrogens with one attached hydrogen (secondary N) is 3. The van der Waals surface area contributed by atoms with Crippen LogP contribution in [0.2, 0.25) is 0 Å². The van der Waals surface area contributed by atoms with E-state index in [0.717, 1.165) is 25.3 Å². The SMILES string of the molecule is CCNC(=NCC(=O)NC(C)(C)C)NCCc1cccc(OC)c1.I. The molecule has 0 saturated heterocycles. The molecule has 0 aromatic heterocycles. The Labute approximate surface area is 168 Å². The van der Waals surface area contributed by atoms with Crippen molar-refractivity contribution in [2.75, 3.05) is 26.7 Å². The van der Waals surface area contributed by atoms with E-state index in [1.807, 2.05) is 45.9 Å². The molecule has 0 radical (unpaired) electrons. The van der Waals surface area contributed by atoms with Crippen LogP contribution in [0.25, 0.3) is 0 Å². The van der Waals surface area contributed by atoms with E-state index in [-0.39, 0.29) is 42.0 Å². The smallest absolute Gasteiger partial charge is 0.242 e. The molecular weight excluding hydrogens is 431 g/mol. The quantitative estimate of drug-likeness (QED) is 0.331. The second-order valence-corrected chi connectivity index (χ2v) is 6.52. The van der Waals surface area contributed by atoms with Crippen LogP contribution in [0.1, 0.15) is 33.3 Å². The first-order chi connectivity index (χ1) is 11.3. The second-order valence-electron chi connectivity index (χ2n) is 6.52. The van der Waals surface area contributed by atoms with Crippen molar-refractivity contribution >= 4 is 35.8 Å². The number of aliphatic imine (C=N–C) groups is 1. The maximum absolute atomic E-state index is 11.8. The van der Waals surface area contributed by atoms with Crippen LogP contribution in [-0.2, 0) is 11.2 Å². The van der Waals surface area contributed by atoms with Gasteiger partial charge in [0.1, 0.15) is 12.3 Å². The summed E-state index contributed by atoms with van der Waals surface area (Å²) in [5.41, 5.74) is 0.938. The van der Waals surface area contributed by atoms with Crippen molar-refractivity contribution in [3.63, 3.8) is 0 Å². The van der Waals surface area contributed by atoms with Gasteiger partial charge in [0, 0.05) is 18.6 Å². The van der Waals surface area contributed by atoms with Crippen LogP contribution >= 0.6 is 24.0 Å². The summed E-state index contributed by atoms with van der Waals surface area (Å²) >= 11 is 0. The molecule has 142 valence electrons. The summed E-state index contributed by atoms with van der Waals surface area (Å²) in [5, 5.41) is 9.28. The fourth-order valence-corrected chi connectivity index (χ4v) is 2.10. The Bertz CT molecular complexity index is 556. The summed E-state index contributed by atoms with van der Waals surface area (Å²) in [6, 6.07) is 7.98. The number of carbonyl (C=O) groups excluding carboxylic acids is 1. The number of carbonyl (C=O) groups is 1. The first-order valence-electron chi connectivity index (χ1n) is 8.30. The molecule has 25 heavy (non-hydrogen) atoms. The van der Waals surface area contributed by atoms with Crippen LogP contribution in [-0.4, -0.2) is 44.1 Å². The molecule has 0 fully saturated rings. The average molecular weight is 462 g/mol. The number of ether oxygens (including phenoxy) is 1. The van der Waals surface area contributed by atoms with E-state index in [1.165, 1.54) is 5.56 Å². The molecule has 0 saturated carbocycles. The highest BCUT2D eigenvalue weighted by atomic mass is 127. The summed E-state index contributed by atoms with van der Waals surface area (Å²) in [6.07, 6.45) is 0.843. The molecule has 0 aliphatic heterocycles. The van der Waals surface area contributed by atoms with Crippen LogP contribution in [0.15, 0.2) is 29.3 Å². The van der Waals surface area contributed by atoms with Gasteiger partial charge in [-0.15, -0.1) is 24.0 Å². The minimum atomic E-state index is -0.245. The number of rotatable bonds is 7. The van der Waals surface area contributed by atoms with Gasteiger partial charge in [-0.25, -0.2) is 4.99 Å². The van der Waals surface area contributed by atoms with Crippen molar-refractivity contribution in [3.8, 4) is 5.75 Å². The summed E-state index contributed by atoms with van der Waals surface area (Å²) < 4.78 is 5.22. The summed E-state index contributed by atoms with van der Waals surface area (Å²) in [5.74, 6) is 1.41. The van der Waals surface area contributed by atoms with Crippen LogP contribution in [0.5, 0.6) is 5.75 Å². The summed E-state index contributed by atoms with van der Waals surface area (Å²) in [6.45, 7) is 9.41. The average Bonchev–Trinajstić information content (AvgIpc) is 2.51. The van der Waals surface area contributed by atoms with Crippen LogP contribution in [0.3, 0.4) is 0 Å². The third-order valence-corrected chi connectivity index (χ3v) is 3.08. The molecule has 0 spiro atoms. The van der Waals surface area contributed by atoms with Crippen molar-refractivity contribution in [1.82, 2.24) is 16.0 Å². The number of nitrogens with zero attached hydrogens (tertiary/aromatic N) is 1.